The van der Waals surface area contributed by atoms with Crippen LogP contribution in [0.3, 0.4) is 0 Å². The predicted octanol–water partition coefficient (Wildman–Crippen LogP) is 1.52. The quantitative estimate of drug-likeness (QED) is 0.632. The van der Waals surface area contributed by atoms with E-state index in [0.29, 0.717) is 12.0 Å². The van der Waals surface area contributed by atoms with E-state index in [4.69, 9.17) is 10.5 Å². The molecule has 1 heterocycles. The van der Waals surface area contributed by atoms with Crippen molar-refractivity contribution in [1.82, 2.24) is 5.32 Å². The van der Waals surface area contributed by atoms with Gasteiger partial charge in [0.2, 0.25) is 0 Å². The highest BCUT2D eigenvalue weighted by atomic mass is 16.5. The molecule has 1 saturated heterocycles. The monoisotopic (exact) mass is 214 g/mol. The maximum Gasteiger partial charge on any atom is 0.0699 e. The van der Waals surface area contributed by atoms with Gasteiger partial charge in [0, 0.05) is 13.2 Å². The molecule has 1 aliphatic heterocycles. The Balaban J connectivity index is 1.95. The molecule has 15 heavy (non-hydrogen) atoms. The van der Waals surface area contributed by atoms with E-state index in [1.165, 1.54) is 32.1 Å². The normalized spacial score (nSPS) is 24.0. The standard InChI is InChI=1S/C12H26N2O/c1-2-11(9-13)6-7-14-10-12-5-3-4-8-15-12/h11-12,14H,2-10,13H2,1H3. The summed E-state index contributed by atoms with van der Waals surface area (Å²) in [6, 6.07) is 0. The van der Waals surface area contributed by atoms with E-state index >= 15 is 0 Å². The Labute approximate surface area is 93.8 Å². The molecule has 3 N–H and O–H groups in total. The van der Waals surface area contributed by atoms with Crippen LogP contribution in [0.25, 0.3) is 0 Å². The van der Waals surface area contributed by atoms with Crippen LogP contribution in [-0.2, 0) is 4.74 Å². The summed E-state index contributed by atoms with van der Waals surface area (Å²) < 4.78 is 5.65. The maximum absolute atomic E-state index is 5.66. The zero-order valence-corrected chi connectivity index (χ0v) is 10.0. The summed E-state index contributed by atoms with van der Waals surface area (Å²) in [6.45, 7) is 6.07. The van der Waals surface area contributed by atoms with Crippen molar-refractivity contribution in [1.29, 1.82) is 0 Å². The molecule has 0 aromatic heterocycles. The van der Waals surface area contributed by atoms with Crippen molar-refractivity contribution in [2.45, 2.75) is 45.1 Å². The van der Waals surface area contributed by atoms with E-state index in [9.17, 15) is 0 Å². The molecule has 0 radical (unpaired) electrons. The van der Waals surface area contributed by atoms with E-state index in [1.807, 2.05) is 0 Å². The van der Waals surface area contributed by atoms with Crippen molar-refractivity contribution in [3.05, 3.63) is 0 Å². The van der Waals surface area contributed by atoms with Gasteiger partial charge in [-0.25, -0.2) is 0 Å². The second kappa shape index (κ2) is 8.08. The molecule has 0 spiro atoms. The number of ether oxygens (including phenoxy) is 1. The van der Waals surface area contributed by atoms with Crippen molar-refractivity contribution < 1.29 is 4.74 Å². The van der Waals surface area contributed by atoms with Crippen LogP contribution >= 0.6 is 0 Å². The summed E-state index contributed by atoms with van der Waals surface area (Å²) in [6.07, 6.45) is 6.63. The molecular formula is C12H26N2O. The van der Waals surface area contributed by atoms with Crippen molar-refractivity contribution in [3.8, 4) is 0 Å². The molecular weight excluding hydrogens is 188 g/mol. The maximum atomic E-state index is 5.66. The van der Waals surface area contributed by atoms with Gasteiger partial charge in [-0.15, -0.1) is 0 Å². The van der Waals surface area contributed by atoms with Gasteiger partial charge in [-0.05, 0) is 44.7 Å². The molecule has 0 aromatic carbocycles. The van der Waals surface area contributed by atoms with Crippen molar-refractivity contribution >= 4 is 0 Å². The molecule has 1 aliphatic rings. The molecule has 3 nitrogen and oxygen atoms in total. The first kappa shape index (κ1) is 12.9. The lowest BCUT2D eigenvalue weighted by molar-refractivity contribution is 0.0169. The molecule has 2 unspecified atom stereocenters. The molecule has 0 bridgehead atoms. The first-order valence-electron chi connectivity index (χ1n) is 6.39. The minimum absolute atomic E-state index is 0.455. The van der Waals surface area contributed by atoms with Gasteiger partial charge in [-0.2, -0.15) is 0 Å². The fourth-order valence-electron chi connectivity index (χ4n) is 2.03. The summed E-state index contributed by atoms with van der Waals surface area (Å²) >= 11 is 0. The van der Waals surface area contributed by atoms with Gasteiger partial charge in [0.15, 0.2) is 0 Å². The van der Waals surface area contributed by atoms with E-state index < -0.39 is 0 Å². The Hall–Kier alpha value is -0.120. The first-order valence-corrected chi connectivity index (χ1v) is 6.39. The van der Waals surface area contributed by atoms with Crippen LogP contribution < -0.4 is 11.1 Å². The number of hydrogen-bond donors (Lipinski definition) is 2. The molecule has 0 aromatic rings. The third-order valence-corrected chi connectivity index (χ3v) is 3.29. The number of nitrogens with two attached hydrogens (primary N) is 1. The lowest BCUT2D eigenvalue weighted by Crippen LogP contribution is -2.33. The summed E-state index contributed by atoms with van der Waals surface area (Å²) in [5.41, 5.74) is 5.66. The predicted molar refractivity (Wildman–Crippen MR) is 63.9 cm³/mol. The van der Waals surface area contributed by atoms with Gasteiger partial charge in [-0.3, -0.25) is 0 Å². The Kier molecular flexibility index (Phi) is 6.98. The molecule has 0 amide bonds. The number of hydrogen-bond acceptors (Lipinski definition) is 3. The van der Waals surface area contributed by atoms with Crippen LogP contribution in [-0.4, -0.2) is 32.3 Å². The van der Waals surface area contributed by atoms with E-state index in [2.05, 4.69) is 12.2 Å². The third-order valence-electron chi connectivity index (χ3n) is 3.29. The highest BCUT2D eigenvalue weighted by Gasteiger charge is 2.12. The second-order valence-corrected chi connectivity index (χ2v) is 4.49. The fraction of sp³-hybridized carbons (Fsp3) is 1.00. The van der Waals surface area contributed by atoms with Gasteiger partial charge in [-0.1, -0.05) is 13.3 Å². The minimum atomic E-state index is 0.455. The van der Waals surface area contributed by atoms with Crippen LogP contribution in [0.5, 0.6) is 0 Å². The molecule has 2 atom stereocenters. The molecule has 0 aliphatic carbocycles. The summed E-state index contributed by atoms with van der Waals surface area (Å²) in [5, 5.41) is 3.47. The number of rotatable bonds is 7. The molecule has 90 valence electrons. The topological polar surface area (TPSA) is 47.3 Å². The average Bonchev–Trinajstić information content (AvgIpc) is 2.31. The highest BCUT2D eigenvalue weighted by molar-refractivity contribution is 4.67. The Bertz CT molecular complexity index is 143. The van der Waals surface area contributed by atoms with Crippen LogP contribution in [0, 0.1) is 5.92 Å². The van der Waals surface area contributed by atoms with Crippen LogP contribution in [0.4, 0.5) is 0 Å². The largest absolute Gasteiger partial charge is 0.377 e. The lowest BCUT2D eigenvalue weighted by atomic mass is 10.0. The molecule has 1 fully saturated rings. The molecule has 0 saturated carbocycles. The Morgan fingerprint density at radius 1 is 1.47 bits per heavy atom. The van der Waals surface area contributed by atoms with Crippen LogP contribution in [0.2, 0.25) is 0 Å². The summed E-state index contributed by atoms with van der Waals surface area (Å²) in [5.74, 6) is 0.685. The van der Waals surface area contributed by atoms with E-state index in [-0.39, 0.29) is 0 Å². The van der Waals surface area contributed by atoms with Gasteiger partial charge < -0.3 is 15.8 Å². The smallest absolute Gasteiger partial charge is 0.0699 e. The first-order chi connectivity index (χ1) is 7.36. The minimum Gasteiger partial charge on any atom is -0.377 e. The summed E-state index contributed by atoms with van der Waals surface area (Å²) in [7, 11) is 0. The molecule has 3 heteroatoms. The summed E-state index contributed by atoms with van der Waals surface area (Å²) in [4.78, 5) is 0. The Morgan fingerprint density at radius 3 is 2.93 bits per heavy atom. The SMILES string of the molecule is CCC(CN)CCNCC1CCCCO1. The Morgan fingerprint density at radius 2 is 2.33 bits per heavy atom. The van der Waals surface area contributed by atoms with Gasteiger partial charge in [0.1, 0.15) is 0 Å². The second-order valence-electron chi connectivity index (χ2n) is 4.49. The van der Waals surface area contributed by atoms with Crippen LogP contribution in [0.1, 0.15) is 39.0 Å². The lowest BCUT2D eigenvalue weighted by Gasteiger charge is -2.23. The fourth-order valence-corrected chi connectivity index (χ4v) is 2.03. The van der Waals surface area contributed by atoms with Crippen LogP contribution in [0.15, 0.2) is 0 Å². The van der Waals surface area contributed by atoms with Crippen molar-refractivity contribution in [3.63, 3.8) is 0 Å². The van der Waals surface area contributed by atoms with E-state index in [0.717, 1.165) is 26.2 Å². The van der Waals surface area contributed by atoms with Gasteiger partial charge in [0.05, 0.1) is 6.10 Å². The van der Waals surface area contributed by atoms with Crippen molar-refractivity contribution in [2.75, 3.05) is 26.2 Å². The number of nitrogens with one attached hydrogen (secondary N) is 1. The zero-order valence-electron chi connectivity index (χ0n) is 10.0. The van der Waals surface area contributed by atoms with Crippen molar-refractivity contribution in [2.24, 2.45) is 11.7 Å². The highest BCUT2D eigenvalue weighted by Crippen LogP contribution is 2.11. The van der Waals surface area contributed by atoms with Gasteiger partial charge in [0.25, 0.3) is 0 Å². The zero-order chi connectivity index (χ0) is 10.9. The third kappa shape index (κ3) is 5.50. The van der Waals surface area contributed by atoms with E-state index in [1.54, 1.807) is 0 Å². The van der Waals surface area contributed by atoms with Gasteiger partial charge >= 0.3 is 0 Å². The average molecular weight is 214 g/mol. The molecule has 1 rings (SSSR count).